The van der Waals surface area contributed by atoms with Gasteiger partial charge >= 0.3 is 6.18 Å². The van der Waals surface area contributed by atoms with Crippen molar-refractivity contribution in [3.8, 4) is 5.88 Å². The Morgan fingerprint density at radius 3 is 2.63 bits per heavy atom. The number of rotatable bonds is 5. The van der Waals surface area contributed by atoms with Gasteiger partial charge in [0.25, 0.3) is 0 Å². The summed E-state index contributed by atoms with van der Waals surface area (Å²) in [6.45, 7) is 1.62. The summed E-state index contributed by atoms with van der Waals surface area (Å²) in [7, 11) is 1.45. The molecule has 1 aliphatic rings. The lowest BCUT2D eigenvalue weighted by Gasteiger charge is -2.20. The van der Waals surface area contributed by atoms with Gasteiger partial charge in [-0.3, -0.25) is 5.43 Å². The Balaban J connectivity index is 1.77. The Morgan fingerprint density at radius 1 is 1.27 bits per heavy atom. The molecule has 30 heavy (non-hydrogen) atoms. The Morgan fingerprint density at radius 2 is 1.97 bits per heavy atom. The second-order valence-corrected chi connectivity index (χ2v) is 6.80. The van der Waals surface area contributed by atoms with Crippen LogP contribution >= 0.6 is 12.2 Å². The number of benzene rings is 1. The molecule has 0 bridgehead atoms. The summed E-state index contributed by atoms with van der Waals surface area (Å²) in [6.07, 6.45) is -1.07. The number of halogens is 3. The number of methoxy groups -OCH3 is 1. The van der Waals surface area contributed by atoms with E-state index in [0.717, 1.165) is 32.0 Å². The first kappa shape index (κ1) is 21.6. The molecule has 1 aliphatic heterocycles. The summed E-state index contributed by atoms with van der Waals surface area (Å²) in [5.74, 6) is 0.875. The van der Waals surface area contributed by atoms with Gasteiger partial charge in [-0.2, -0.15) is 28.2 Å². The molecule has 1 aromatic carbocycles. The van der Waals surface area contributed by atoms with E-state index in [2.05, 4.69) is 25.8 Å². The topological polar surface area (TPSA) is 101 Å². The van der Waals surface area contributed by atoms with Crippen LogP contribution < -0.4 is 26.1 Å². The van der Waals surface area contributed by atoms with Gasteiger partial charge in [-0.1, -0.05) is 12.1 Å². The van der Waals surface area contributed by atoms with Crippen LogP contribution in [0.3, 0.4) is 0 Å². The molecule has 0 amide bonds. The average molecular weight is 439 g/mol. The Kier molecular flexibility index (Phi) is 6.55. The molecule has 2 aromatic rings. The molecule has 8 nitrogen and oxygen atoms in total. The molecule has 0 aliphatic carbocycles. The second kappa shape index (κ2) is 9.11. The van der Waals surface area contributed by atoms with Crippen LogP contribution in [0.5, 0.6) is 5.88 Å². The van der Waals surface area contributed by atoms with Gasteiger partial charge < -0.3 is 20.7 Å². The quantitative estimate of drug-likeness (QED) is 0.371. The number of alkyl halides is 3. The standard InChI is InChI=1S/C18H20F3N7OS/c1-29-15-11(14(25-16(22)26-15)28-8-4-5-9-28)10-23-27-17(30)24-13-7-3-2-6-12(13)18(19,20)21/h2-3,6-7,10H,4-5,8-9H2,1H3,(H2,22,25,26)(H2,24,27,30)/b23-10+. The minimum atomic E-state index is -4.51. The number of hydrazone groups is 1. The Hall–Kier alpha value is -3.15. The second-order valence-electron chi connectivity index (χ2n) is 6.39. The van der Waals surface area contributed by atoms with Crippen LogP contribution in [-0.2, 0) is 6.18 Å². The summed E-state index contributed by atoms with van der Waals surface area (Å²) in [4.78, 5) is 10.4. The lowest BCUT2D eigenvalue weighted by molar-refractivity contribution is -0.136. The number of thiocarbonyl (C=S) groups is 1. The molecule has 1 aromatic heterocycles. The predicted molar refractivity (Wildman–Crippen MR) is 113 cm³/mol. The number of ether oxygens (including phenoxy) is 1. The molecule has 12 heteroatoms. The highest BCUT2D eigenvalue weighted by atomic mass is 32.1. The van der Waals surface area contributed by atoms with Gasteiger partial charge in [0, 0.05) is 13.1 Å². The molecule has 1 fully saturated rings. The zero-order valence-corrected chi connectivity index (χ0v) is 16.8. The van der Waals surface area contributed by atoms with Crippen LogP contribution in [-0.4, -0.2) is 41.5 Å². The van der Waals surface area contributed by atoms with Crippen molar-refractivity contribution in [2.45, 2.75) is 19.0 Å². The van der Waals surface area contributed by atoms with E-state index in [9.17, 15) is 13.2 Å². The lowest BCUT2D eigenvalue weighted by atomic mass is 10.2. The third-order valence-corrected chi connectivity index (χ3v) is 4.54. The van der Waals surface area contributed by atoms with E-state index in [0.29, 0.717) is 11.4 Å². The monoisotopic (exact) mass is 439 g/mol. The third-order valence-electron chi connectivity index (χ3n) is 4.35. The van der Waals surface area contributed by atoms with Crippen molar-refractivity contribution in [1.29, 1.82) is 0 Å². The highest BCUT2D eigenvalue weighted by Crippen LogP contribution is 2.34. The summed E-state index contributed by atoms with van der Waals surface area (Å²) in [5.41, 5.74) is 7.75. The SMILES string of the molecule is COc1nc(N)nc(N2CCCC2)c1/C=N/NC(=S)Nc1ccccc1C(F)(F)F. The van der Waals surface area contributed by atoms with Crippen molar-refractivity contribution >= 4 is 41.0 Å². The number of hydrogen-bond acceptors (Lipinski definition) is 7. The number of hydrogen-bond donors (Lipinski definition) is 3. The minimum Gasteiger partial charge on any atom is -0.480 e. The summed E-state index contributed by atoms with van der Waals surface area (Å²) < 4.78 is 44.6. The van der Waals surface area contributed by atoms with E-state index in [1.165, 1.54) is 31.5 Å². The minimum absolute atomic E-state index is 0.0693. The van der Waals surface area contributed by atoms with Crippen LogP contribution in [0.15, 0.2) is 29.4 Å². The normalized spacial score (nSPS) is 14.2. The molecule has 0 unspecified atom stereocenters. The molecule has 0 spiro atoms. The van der Waals surface area contributed by atoms with Gasteiger partial charge in [0.05, 0.1) is 30.1 Å². The summed E-state index contributed by atoms with van der Waals surface area (Å²) >= 11 is 5.06. The zero-order valence-electron chi connectivity index (χ0n) is 16.0. The lowest BCUT2D eigenvalue weighted by Crippen LogP contribution is -2.26. The molecule has 2 heterocycles. The van der Waals surface area contributed by atoms with Gasteiger partial charge in [0.1, 0.15) is 5.82 Å². The van der Waals surface area contributed by atoms with Gasteiger partial charge in [-0.05, 0) is 37.2 Å². The number of nitrogens with one attached hydrogen (secondary N) is 2. The zero-order chi connectivity index (χ0) is 21.7. The molecular formula is C18H20F3N7OS. The van der Waals surface area contributed by atoms with Gasteiger partial charge in [-0.15, -0.1) is 0 Å². The Bertz CT molecular complexity index is 946. The number of nitrogens with two attached hydrogens (primary N) is 1. The van der Waals surface area contributed by atoms with Crippen molar-refractivity contribution in [2.24, 2.45) is 5.10 Å². The number of aromatic nitrogens is 2. The fraction of sp³-hybridized carbons (Fsp3) is 0.333. The summed E-state index contributed by atoms with van der Waals surface area (Å²) in [5, 5.41) is 6.41. The van der Waals surface area contributed by atoms with E-state index in [4.69, 9.17) is 22.7 Å². The molecule has 0 atom stereocenters. The molecular weight excluding hydrogens is 419 g/mol. The average Bonchev–Trinajstić information content (AvgIpc) is 3.23. The number of para-hydroxylation sites is 1. The maximum Gasteiger partial charge on any atom is 0.418 e. The van der Waals surface area contributed by atoms with Crippen molar-refractivity contribution in [2.75, 3.05) is 36.1 Å². The molecule has 4 N–H and O–H groups in total. The Labute approximate surface area is 176 Å². The van der Waals surface area contributed by atoms with E-state index in [1.54, 1.807) is 0 Å². The summed E-state index contributed by atoms with van der Waals surface area (Å²) in [6, 6.07) is 5.02. The maximum absolute atomic E-state index is 13.1. The first-order valence-corrected chi connectivity index (χ1v) is 9.43. The van der Waals surface area contributed by atoms with Crippen LogP contribution in [0.25, 0.3) is 0 Å². The van der Waals surface area contributed by atoms with Gasteiger partial charge in [-0.25, -0.2) is 0 Å². The molecule has 1 saturated heterocycles. The van der Waals surface area contributed by atoms with Crippen molar-refractivity contribution in [3.05, 3.63) is 35.4 Å². The van der Waals surface area contributed by atoms with Crippen molar-refractivity contribution in [3.63, 3.8) is 0 Å². The van der Waals surface area contributed by atoms with Crippen molar-refractivity contribution < 1.29 is 17.9 Å². The van der Waals surface area contributed by atoms with Crippen LogP contribution in [0, 0.1) is 0 Å². The maximum atomic E-state index is 13.1. The van der Waals surface area contributed by atoms with E-state index < -0.39 is 11.7 Å². The molecule has 160 valence electrons. The fourth-order valence-electron chi connectivity index (χ4n) is 3.04. The smallest absolute Gasteiger partial charge is 0.418 e. The number of nitrogens with zero attached hydrogens (tertiary/aromatic N) is 4. The first-order chi connectivity index (χ1) is 14.3. The number of anilines is 3. The molecule has 0 radical (unpaired) electrons. The highest BCUT2D eigenvalue weighted by Gasteiger charge is 2.33. The van der Waals surface area contributed by atoms with E-state index >= 15 is 0 Å². The largest absolute Gasteiger partial charge is 0.480 e. The van der Waals surface area contributed by atoms with Gasteiger partial charge in [0.2, 0.25) is 11.8 Å². The van der Waals surface area contributed by atoms with E-state index in [-0.39, 0.29) is 22.6 Å². The van der Waals surface area contributed by atoms with E-state index in [1.807, 2.05) is 4.90 Å². The number of nitrogen functional groups attached to an aromatic ring is 1. The predicted octanol–water partition coefficient (Wildman–Crippen LogP) is 3.01. The van der Waals surface area contributed by atoms with Crippen LogP contribution in [0.2, 0.25) is 0 Å². The van der Waals surface area contributed by atoms with Crippen LogP contribution in [0.1, 0.15) is 24.0 Å². The van der Waals surface area contributed by atoms with Crippen LogP contribution in [0.4, 0.5) is 30.6 Å². The van der Waals surface area contributed by atoms with Gasteiger partial charge in [0.15, 0.2) is 5.11 Å². The third kappa shape index (κ3) is 5.06. The van der Waals surface area contributed by atoms with Crippen molar-refractivity contribution in [1.82, 2.24) is 15.4 Å². The molecule has 0 saturated carbocycles. The highest BCUT2D eigenvalue weighted by molar-refractivity contribution is 7.80. The first-order valence-electron chi connectivity index (χ1n) is 9.02. The fourth-order valence-corrected chi connectivity index (χ4v) is 3.20. The molecule has 3 rings (SSSR count).